The predicted octanol–water partition coefficient (Wildman–Crippen LogP) is 2.17. The summed E-state index contributed by atoms with van der Waals surface area (Å²) in [6.45, 7) is 3.45. The standard InChI is InChI=1S/C13H13N7O2S/c1-7(10-16-8(2)20-22-10)15-12(21)17-13-19-18-11(23-13)9-5-3-4-6-14-9/h3-7H,1-2H3,(H2,15,17,19,21)/t7-/m0/s1. The number of carbonyl (C=O) groups excluding carboxylic acids is 1. The molecule has 3 rings (SSSR count). The normalized spacial score (nSPS) is 11.9. The second kappa shape index (κ2) is 6.48. The van der Waals surface area contributed by atoms with E-state index in [4.69, 9.17) is 4.52 Å². The summed E-state index contributed by atoms with van der Waals surface area (Å²) in [5, 5.41) is 17.9. The predicted molar refractivity (Wildman–Crippen MR) is 82.7 cm³/mol. The third kappa shape index (κ3) is 3.66. The van der Waals surface area contributed by atoms with Crippen LogP contribution in [-0.2, 0) is 0 Å². The van der Waals surface area contributed by atoms with Gasteiger partial charge in [-0.1, -0.05) is 22.6 Å². The van der Waals surface area contributed by atoms with Crippen LogP contribution in [0.2, 0.25) is 0 Å². The third-order valence-electron chi connectivity index (χ3n) is 2.79. The van der Waals surface area contributed by atoms with E-state index in [-0.39, 0.29) is 0 Å². The molecule has 0 saturated heterocycles. The average Bonchev–Trinajstić information content (AvgIpc) is 3.17. The lowest BCUT2D eigenvalue weighted by atomic mass is 10.3. The third-order valence-corrected chi connectivity index (χ3v) is 3.65. The zero-order valence-electron chi connectivity index (χ0n) is 12.3. The lowest BCUT2D eigenvalue weighted by Gasteiger charge is -2.08. The zero-order chi connectivity index (χ0) is 16.2. The van der Waals surface area contributed by atoms with Gasteiger partial charge in [-0.25, -0.2) is 4.79 Å². The van der Waals surface area contributed by atoms with E-state index in [1.807, 2.05) is 18.2 Å². The second-order valence-electron chi connectivity index (χ2n) is 4.63. The molecule has 0 fully saturated rings. The molecule has 118 valence electrons. The quantitative estimate of drug-likeness (QED) is 0.752. The first-order valence-corrected chi connectivity index (χ1v) is 7.56. The molecule has 1 atom stereocenters. The van der Waals surface area contributed by atoms with Gasteiger partial charge in [0, 0.05) is 6.20 Å². The summed E-state index contributed by atoms with van der Waals surface area (Å²) in [5.74, 6) is 0.849. The SMILES string of the molecule is Cc1noc([C@H](C)NC(=O)Nc2nnc(-c3ccccn3)s2)n1. The molecule has 23 heavy (non-hydrogen) atoms. The van der Waals surface area contributed by atoms with Gasteiger partial charge >= 0.3 is 6.03 Å². The van der Waals surface area contributed by atoms with Gasteiger partial charge in [0.1, 0.15) is 11.7 Å². The van der Waals surface area contributed by atoms with E-state index < -0.39 is 12.1 Å². The Balaban J connectivity index is 1.61. The van der Waals surface area contributed by atoms with E-state index in [9.17, 15) is 4.79 Å². The summed E-state index contributed by atoms with van der Waals surface area (Å²) in [5.41, 5.74) is 0.702. The molecule has 0 bridgehead atoms. The number of amides is 2. The first-order chi connectivity index (χ1) is 11.1. The summed E-state index contributed by atoms with van der Waals surface area (Å²) in [7, 11) is 0. The second-order valence-corrected chi connectivity index (χ2v) is 5.60. The molecule has 10 heteroatoms. The van der Waals surface area contributed by atoms with Crippen LogP contribution in [-0.4, -0.2) is 31.4 Å². The Hall–Kier alpha value is -2.88. The number of rotatable bonds is 4. The van der Waals surface area contributed by atoms with Crippen LogP contribution in [0.5, 0.6) is 0 Å². The van der Waals surface area contributed by atoms with E-state index in [0.29, 0.717) is 27.5 Å². The molecule has 9 nitrogen and oxygen atoms in total. The maximum atomic E-state index is 12.0. The molecule has 3 aromatic heterocycles. The fraction of sp³-hybridized carbons (Fsp3) is 0.231. The number of anilines is 1. The summed E-state index contributed by atoms with van der Waals surface area (Å²) < 4.78 is 5.00. The molecule has 0 aliphatic carbocycles. The molecule has 3 heterocycles. The lowest BCUT2D eigenvalue weighted by molar-refractivity contribution is 0.245. The van der Waals surface area contributed by atoms with Crippen LogP contribution in [0.25, 0.3) is 10.7 Å². The van der Waals surface area contributed by atoms with Crippen molar-refractivity contribution in [2.24, 2.45) is 0 Å². The topological polar surface area (TPSA) is 119 Å². The van der Waals surface area contributed by atoms with Crippen LogP contribution in [0.1, 0.15) is 24.7 Å². The molecule has 0 aliphatic heterocycles. The number of nitrogens with zero attached hydrogens (tertiary/aromatic N) is 5. The summed E-state index contributed by atoms with van der Waals surface area (Å²) in [6, 6.07) is 4.65. The molecule has 0 radical (unpaired) electrons. The van der Waals surface area contributed by atoms with Crippen LogP contribution in [0.3, 0.4) is 0 Å². The number of aryl methyl sites for hydroxylation is 1. The highest BCUT2D eigenvalue weighted by atomic mass is 32.1. The molecule has 0 spiro atoms. The largest absolute Gasteiger partial charge is 0.337 e. The van der Waals surface area contributed by atoms with Crippen LogP contribution in [0, 0.1) is 6.92 Å². The molecule has 3 aromatic rings. The van der Waals surface area contributed by atoms with Gasteiger partial charge in [0.25, 0.3) is 0 Å². The first-order valence-electron chi connectivity index (χ1n) is 6.74. The number of urea groups is 1. The van der Waals surface area contributed by atoms with E-state index in [0.717, 1.165) is 0 Å². The van der Waals surface area contributed by atoms with Crippen molar-refractivity contribution in [1.29, 1.82) is 0 Å². The monoisotopic (exact) mass is 331 g/mol. The summed E-state index contributed by atoms with van der Waals surface area (Å²) >= 11 is 1.23. The Bertz CT molecular complexity index is 802. The molecular formula is C13H13N7O2S. The number of hydrogen-bond donors (Lipinski definition) is 2. The smallest absolute Gasteiger partial charge is 0.321 e. The van der Waals surface area contributed by atoms with Crippen LogP contribution < -0.4 is 10.6 Å². The van der Waals surface area contributed by atoms with Gasteiger partial charge in [-0.3, -0.25) is 10.3 Å². The molecular weight excluding hydrogens is 318 g/mol. The van der Waals surface area contributed by atoms with E-state index in [1.165, 1.54) is 11.3 Å². The van der Waals surface area contributed by atoms with Crippen molar-refractivity contribution >= 4 is 22.5 Å². The van der Waals surface area contributed by atoms with Crippen LogP contribution in [0.4, 0.5) is 9.93 Å². The Morgan fingerprint density at radius 2 is 2.22 bits per heavy atom. The number of carbonyl (C=O) groups is 1. The van der Waals surface area contributed by atoms with Gasteiger partial charge in [-0.05, 0) is 26.0 Å². The molecule has 0 aromatic carbocycles. The van der Waals surface area contributed by atoms with Crippen molar-refractivity contribution in [2.45, 2.75) is 19.9 Å². The van der Waals surface area contributed by atoms with Crippen LogP contribution in [0.15, 0.2) is 28.9 Å². The number of hydrogen-bond acceptors (Lipinski definition) is 8. The lowest BCUT2D eigenvalue weighted by Crippen LogP contribution is -2.31. The molecule has 2 amide bonds. The Kier molecular flexibility index (Phi) is 4.24. The van der Waals surface area contributed by atoms with Crippen LogP contribution >= 0.6 is 11.3 Å². The van der Waals surface area contributed by atoms with Crippen molar-refractivity contribution in [2.75, 3.05) is 5.32 Å². The van der Waals surface area contributed by atoms with Crippen molar-refractivity contribution < 1.29 is 9.32 Å². The van der Waals surface area contributed by atoms with Gasteiger partial charge in [-0.15, -0.1) is 10.2 Å². The maximum absolute atomic E-state index is 12.0. The molecule has 0 saturated carbocycles. The van der Waals surface area contributed by atoms with Gasteiger partial charge < -0.3 is 9.84 Å². The Morgan fingerprint density at radius 1 is 1.35 bits per heavy atom. The molecule has 2 N–H and O–H groups in total. The summed E-state index contributed by atoms with van der Waals surface area (Å²) in [6.07, 6.45) is 1.67. The first kappa shape index (κ1) is 15.0. The average molecular weight is 331 g/mol. The minimum absolute atomic E-state index is 0.337. The number of aromatic nitrogens is 5. The van der Waals surface area contributed by atoms with Crippen molar-refractivity contribution in [3.05, 3.63) is 36.1 Å². The van der Waals surface area contributed by atoms with Crippen molar-refractivity contribution in [3.63, 3.8) is 0 Å². The fourth-order valence-electron chi connectivity index (χ4n) is 1.75. The van der Waals surface area contributed by atoms with E-state index in [1.54, 1.807) is 20.0 Å². The molecule has 0 aliphatic rings. The molecule has 0 unspecified atom stereocenters. The minimum Gasteiger partial charge on any atom is -0.337 e. The van der Waals surface area contributed by atoms with Gasteiger partial charge in [0.05, 0.1) is 0 Å². The minimum atomic E-state index is -0.433. The van der Waals surface area contributed by atoms with Gasteiger partial charge in [-0.2, -0.15) is 4.98 Å². The van der Waals surface area contributed by atoms with Crippen molar-refractivity contribution in [1.82, 2.24) is 30.6 Å². The Labute approximate surface area is 135 Å². The number of pyridine rings is 1. The Morgan fingerprint density at radius 3 is 2.91 bits per heavy atom. The van der Waals surface area contributed by atoms with E-state index in [2.05, 4.69) is 36.0 Å². The van der Waals surface area contributed by atoms with Crippen molar-refractivity contribution in [3.8, 4) is 10.7 Å². The fourth-order valence-corrected chi connectivity index (χ4v) is 2.46. The van der Waals surface area contributed by atoms with E-state index >= 15 is 0 Å². The zero-order valence-corrected chi connectivity index (χ0v) is 13.2. The highest BCUT2D eigenvalue weighted by molar-refractivity contribution is 7.18. The van der Waals surface area contributed by atoms with Gasteiger partial charge in [0.15, 0.2) is 10.8 Å². The number of nitrogens with one attached hydrogen (secondary N) is 2. The highest BCUT2D eigenvalue weighted by Gasteiger charge is 2.17. The highest BCUT2D eigenvalue weighted by Crippen LogP contribution is 2.24. The maximum Gasteiger partial charge on any atom is 0.321 e. The van der Waals surface area contributed by atoms with Gasteiger partial charge in [0.2, 0.25) is 11.0 Å². The summed E-state index contributed by atoms with van der Waals surface area (Å²) in [4.78, 5) is 20.2.